The minimum absolute atomic E-state index is 0.0293. The normalized spacial score (nSPS) is 13.1. The number of amides is 1. The van der Waals surface area contributed by atoms with Crippen LogP contribution in [-0.4, -0.2) is 47.4 Å². The summed E-state index contributed by atoms with van der Waals surface area (Å²) in [5.74, 6) is -0.110. The number of rotatable bonds is 49. The molecule has 0 spiro atoms. The van der Waals surface area contributed by atoms with Crippen molar-refractivity contribution in [2.45, 2.75) is 276 Å². The van der Waals surface area contributed by atoms with Crippen LogP contribution in [0.5, 0.6) is 0 Å². The lowest BCUT2D eigenvalue weighted by atomic mass is 10.0. The average Bonchev–Trinajstić information content (AvgIpc) is 3.28. The molecule has 366 valence electrons. The molecular formula is C57H103NO5. The molecule has 2 atom stereocenters. The summed E-state index contributed by atoms with van der Waals surface area (Å²) in [6, 6.07) is -0.636. The Balaban J connectivity index is 3.52. The first-order valence-electron chi connectivity index (χ1n) is 27.1. The number of nitrogens with one attached hydrogen (secondary N) is 1. The molecule has 0 aliphatic rings. The van der Waals surface area contributed by atoms with Crippen LogP contribution in [0.4, 0.5) is 0 Å². The first kappa shape index (κ1) is 60.6. The maximum absolute atomic E-state index is 12.4. The zero-order valence-corrected chi connectivity index (χ0v) is 41.5. The fourth-order valence-corrected chi connectivity index (χ4v) is 7.83. The molecule has 0 aromatic rings. The van der Waals surface area contributed by atoms with Crippen molar-refractivity contribution in [3.05, 3.63) is 60.8 Å². The van der Waals surface area contributed by atoms with Gasteiger partial charge in [-0.2, -0.15) is 0 Å². The van der Waals surface area contributed by atoms with Gasteiger partial charge in [-0.1, -0.05) is 216 Å². The highest BCUT2D eigenvalue weighted by molar-refractivity contribution is 5.76. The highest BCUT2D eigenvalue weighted by atomic mass is 16.5. The second-order valence-corrected chi connectivity index (χ2v) is 18.2. The number of hydrogen-bond acceptors (Lipinski definition) is 5. The van der Waals surface area contributed by atoms with Crippen molar-refractivity contribution in [2.24, 2.45) is 0 Å². The molecular weight excluding hydrogens is 779 g/mol. The fourth-order valence-electron chi connectivity index (χ4n) is 7.83. The standard InChI is InChI=1S/C57H103NO5/c1-3-5-7-9-11-13-15-17-23-27-31-35-39-43-47-51-57(62)63-52-48-44-40-36-32-28-25-22-20-18-19-21-24-26-30-34-38-42-46-50-56(61)58-54(53-59)55(60)49-45-41-37-33-29-16-14-12-10-8-6-4-2/h11,13,17,22-23,25,28,32,45,49,54-55,59-60H,3-10,12,14-16,18-21,24,26-27,29-31,33-44,46-48,50-53H2,1-2H3,(H,58,61)/b13-11-,23-17-,25-22-,32-28-,49-45+. The lowest BCUT2D eigenvalue weighted by molar-refractivity contribution is -0.143. The molecule has 6 nitrogen and oxygen atoms in total. The number of esters is 1. The van der Waals surface area contributed by atoms with Gasteiger partial charge in [-0.3, -0.25) is 9.59 Å². The summed E-state index contributed by atoms with van der Waals surface area (Å²) < 4.78 is 5.44. The van der Waals surface area contributed by atoms with Gasteiger partial charge in [-0.15, -0.1) is 0 Å². The minimum atomic E-state index is -0.851. The number of unbranched alkanes of at least 4 members (excludes halogenated alkanes) is 31. The molecule has 63 heavy (non-hydrogen) atoms. The quantitative estimate of drug-likeness (QED) is 0.0245. The van der Waals surface area contributed by atoms with Crippen LogP contribution in [0.2, 0.25) is 0 Å². The Hall–Kier alpha value is -2.44. The highest BCUT2D eigenvalue weighted by Gasteiger charge is 2.18. The van der Waals surface area contributed by atoms with Crippen LogP contribution in [0.25, 0.3) is 0 Å². The van der Waals surface area contributed by atoms with E-state index in [0.717, 1.165) is 89.9 Å². The molecule has 0 heterocycles. The molecule has 0 bridgehead atoms. The van der Waals surface area contributed by atoms with E-state index in [9.17, 15) is 19.8 Å². The first-order valence-corrected chi connectivity index (χ1v) is 27.1. The van der Waals surface area contributed by atoms with Gasteiger partial charge in [0.05, 0.1) is 25.4 Å². The highest BCUT2D eigenvalue weighted by Crippen LogP contribution is 2.15. The second-order valence-electron chi connectivity index (χ2n) is 18.2. The van der Waals surface area contributed by atoms with E-state index in [-0.39, 0.29) is 18.5 Å². The number of aliphatic hydroxyl groups is 2. The molecule has 0 saturated carbocycles. The van der Waals surface area contributed by atoms with E-state index >= 15 is 0 Å². The largest absolute Gasteiger partial charge is 0.466 e. The number of carbonyl (C=O) groups is 2. The van der Waals surface area contributed by atoms with Crippen molar-refractivity contribution < 1.29 is 24.5 Å². The van der Waals surface area contributed by atoms with Crippen molar-refractivity contribution in [2.75, 3.05) is 13.2 Å². The van der Waals surface area contributed by atoms with Gasteiger partial charge in [-0.05, 0) is 96.3 Å². The summed E-state index contributed by atoms with van der Waals surface area (Å²) >= 11 is 0. The molecule has 0 saturated heterocycles. The van der Waals surface area contributed by atoms with E-state index < -0.39 is 12.1 Å². The van der Waals surface area contributed by atoms with Gasteiger partial charge < -0.3 is 20.3 Å². The van der Waals surface area contributed by atoms with Crippen molar-refractivity contribution in [1.82, 2.24) is 5.32 Å². The first-order chi connectivity index (χ1) is 31.0. The molecule has 0 aliphatic heterocycles. The van der Waals surface area contributed by atoms with Crippen LogP contribution in [0, 0.1) is 0 Å². The van der Waals surface area contributed by atoms with Crippen LogP contribution in [0.3, 0.4) is 0 Å². The van der Waals surface area contributed by atoms with Crippen LogP contribution in [0.1, 0.15) is 264 Å². The Morgan fingerprint density at radius 2 is 0.841 bits per heavy atom. The third-order valence-electron chi connectivity index (χ3n) is 12.0. The monoisotopic (exact) mass is 882 g/mol. The smallest absolute Gasteiger partial charge is 0.305 e. The van der Waals surface area contributed by atoms with Gasteiger partial charge in [0.2, 0.25) is 5.91 Å². The number of ether oxygens (including phenoxy) is 1. The topological polar surface area (TPSA) is 95.9 Å². The van der Waals surface area contributed by atoms with E-state index in [1.165, 1.54) is 148 Å². The maximum Gasteiger partial charge on any atom is 0.305 e. The molecule has 0 aromatic heterocycles. The molecule has 0 radical (unpaired) electrons. The number of aliphatic hydroxyl groups excluding tert-OH is 2. The lowest BCUT2D eigenvalue weighted by Gasteiger charge is -2.20. The predicted molar refractivity (Wildman–Crippen MR) is 273 cm³/mol. The number of carbonyl (C=O) groups excluding carboxylic acids is 2. The van der Waals surface area contributed by atoms with Crippen molar-refractivity contribution >= 4 is 11.9 Å². The van der Waals surface area contributed by atoms with Gasteiger partial charge in [0.25, 0.3) is 0 Å². The molecule has 0 aromatic carbocycles. The lowest BCUT2D eigenvalue weighted by Crippen LogP contribution is -2.45. The Labute approximate surface area is 390 Å². The van der Waals surface area contributed by atoms with Crippen LogP contribution < -0.4 is 5.32 Å². The summed E-state index contributed by atoms with van der Waals surface area (Å²) in [4.78, 5) is 24.4. The molecule has 2 unspecified atom stereocenters. The minimum Gasteiger partial charge on any atom is -0.466 e. The van der Waals surface area contributed by atoms with Crippen molar-refractivity contribution in [3.63, 3.8) is 0 Å². The second kappa shape index (κ2) is 52.2. The third kappa shape index (κ3) is 48.8. The summed E-state index contributed by atoms with van der Waals surface area (Å²) in [6.07, 6.45) is 66.6. The molecule has 1 amide bonds. The van der Waals surface area contributed by atoms with Gasteiger partial charge in [0.1, 0.15) is 0 Å². The van der Waals surface area contributed by atoms with E-state index in [0.29, 0.717) is 19.4 Å². The summed E-state index contributed by atoms with van der Waals surface area (Å²) in [7, 11) is 0. The van der Waals surface area contributed by atoms with Crippen LogP contribution in [-0.2, 0) is 14.3 Å². The SMILES string of the molecule is CCCCC/C=C\C/C=C\CCCCCCCC(=O)OCCCCC/C=C\C=C/CCCCCCCCCCCCC(=O)NC(CO)C(O)/C=C/CCCCCCCCCCCC. The summed E-state index contributed by atoms with van der Waals surface area (Å²) in [5, 5.41) is 23.0. The molecule has 0 aliphatic carbocycles. The Morgan fingerprint density at radius 1 is 0.460 bits per heavy atom. The molecule has 6 heteroatoms. The summed E-state index contributed by atoms with van der Waals surface area (Å²) in [6.45, 7) is 4.81. The van der Waals surface area contributed by atoms with E-state index in [1.807, 2.05) is 6.08 Å². The Bertz CT molecular complexity index is 1110. The van der Waals surface area contributed by atoms with Gasteiger partial charge in [-0.25, -0.2) is 0 Å². The average molecular weight is 882 g/mol. The fraction of sp³-hybridized carbons (Fsp3) is 0.789. The van der Waals surface area contributed by atoms with E-state index in [4.69, 9.17) is 4.74 Å². The zero-order valence-electron chi connectivity index (χ0n) is 41.5. The van der Waals surface area contributed by atoms with Crippen molar-refractivity contribution in [3.8, 4) is 0 Å². The Kier molecular flexibility index (Phi) is 50.2. The Morgan fingerprint density at radius 3 is 1.33 bits per heavy atom. The van der Waals surface area contributed by atoms with E-state index in [1.54, 1.807) is 6.08 Å². The summed E-state index contributed by atoms with van der Waals surface area (Å²) in [5.41, 5.74) is 0. The number of hydrogen-bond donors (Lipinski definition) is 3. The molecule has 0 fully saturated rings. The zero-order chi connectivity index (χ0) is 45.8. The van der Waals surface area contributed by atoms with Gasteiger partial charge in [0.15, 0.2) is 0 Å². The molecule has 0 rings (SSSR count). The van der Waals surface area contributed by atoms with Gasteiger partial charge in [0, 0.05) is 12.8 Å². The third-order valence-corrected chi connectivity index (χ3v) is 12.0. The molecule has 3 N–H and O–H groups in total. The van der Waals surface area contributed by atoms with Crippen LogP contribution in [0.15, 0.2) is 60.8 Å². The predicted octanol–water partition coefficient (Wildman–Crippen LogP) is 16.4. The van der Waals surface area contributed by atoms with Gasteiger partial charge >= 0.3 is 5.97 Å². The van der Waals surface area contributed by atoms with Crippen molar-refractivity contribution in [1.29, 1.82) is 0 Å². The number of allylic oxidation sites excluding steroid dienone is 9. The van der Waals surface area contributed by atoms with Crippen LogP contribution >= 0.6 is 0 Å². The van der Waals surface area contributed by atoms with E-state index in [2.05, 4.69) is 67.8 Å². The maximum atomic E-state index is 12.4.